The van der Waals surface area contributed by atoms with Crippen molar-refractivity contribution in [1.29, 1.82) is 0 Å². The Morgan fingerprint density at radius 1 is 0.949 bits per heavy atom. The van der Waals surface area contributed by atoms with Gasteiger partial charge in [-0.15, -0.1) is 0 Å². The van der Waals surface area contributed by atoms with Crippen LogP contribution in [0.25, 0.3) is 0 Å². The maximum absolute atomic E-state index is 13.5. The predicted octanol–water partition coefficient (Wildman–Crippen LogP) is 4.68. The summed E-state index contributed by atoms with van der Waals surface area (Å²) in [5.74, 6) is -0.382. The summed E-state index contributed by atoms with van der Waals surface area (Å²) in [6, 6.07) is 6.88. The van der Waals surface area contributed by atoms with Gasteiger partial charge < -0.3 is 15.1 Å². The summed E-state index contributed by atoms with van der Waals surface area (Å²) in [4.78, 5) is 18.9. The molecule has 0 saturated carbocycles. The maximum atomic E-state index is 13.5. The van der Waals surface area contributed by atoms with Gasteiger partial charge in [-0.05, 0) is 56.8 Å². The molecule has 1 aromatic carbocycles. The van der Waals surface area contributed by atoms with Crippen LogP contribution in [0, 0.1) is 0 Å². The quantitative estimate of drug-likeness (QED) is 0.522. The summed E-state index contributed by atoms with van der Waals surface area (Å²) in [5.41, 5.74) is -1.15. The summed E-state index contributed by atoms with van der Waals surface area (Å²) in [6.45, 7) is 5.79. The average molecular weight is 557 g/mol. The molecular formula is C25H30F6N8. The minimum Gasteiger partial charge on any atom is -0.353 e. The van der Waals surface area contributed by atoms with Crippen LogP contribution in [0.3, 0.4) is 0 Å². The molecule has 1 aromatic heterocycles. The molecule has 0 radical (unpaired) electrons. The van der Waals surface area contributed by atoms with Gasteiger partial charge in [-0.25, -0.2) is 15.0 Å². The molecule has 39 heavy (non-hydrogen) atoms. The van der Waals surface area contributed by atoms with Gasteiger partial charge in [0.05, 0.1) is 11.1 Å². The Hall–Kier alpha value is -3.55. The summed E-state index contributed by atoms with van der Waals surface area (Å²) in [5, 5.41) is 6.14. The molecule has 14 heteroatoms. The molecule has 1 atom stereocenters. The molecule has 3 heterocycles. The van der Waals surface area contributed by atoms with Crippen LogP contribution in [-0.2, 0) is 12.4 Å². The van der Waals surface area contributed by atoms with E-state index in [-0.39, 0.29) is 24.9 Å². The Morgan fingerprint density at radius 3 is 2.18 bits per heavy atom. The Kier molecular flexibility index (Phi) is 7.96. The lowest BCUT2D eigenvalue weighted by Crippen LogP contribution is -2.59. The number of aromatic nitrogens is 1. The van der Waals surface area contributed by atoms with E-state index in [1.54, 1.807) is 4.90 Å². The van der Waals surface area contributed by atoms with E-state index >= 15 is 0 Å². The van der Waals surface area contributed by atoms with E-state index in [4.69, 9.17) is 4.99 Å². The van der Waals surface area contributed by atoms with Crippen LogP contribution in [-0.4, -0.2) is 72.3 Å². The largest absolute Gasteiger partial charge is 0.419 e. The molecule has 0 amide bonds. The highest BCUT2D eigenvalue weighted by Gasteiger charge is 2.38. The van der Waals surface area contributed by atoms with Gasteiger partial charge in [0.25, 0.3) is 0 Å². The third-order valence-electron chi connectivity index (χ3n) is 6.60. The highest BCUT2D eigenvalue weighted by atomic mass is 19.4. The Morgan fingerprint density at radius 2 is 1.59 bits per heavy atom. The number of piperazine rings is 1. The van der Waals surface area contributed by atoms with E-state index < -0.39 is 29.3 Å². The Balaban J connectivity index is 1.53. The number of nitrogens with zero attached hydrogens (tertiary/aromatic N) is 6. The van der Waals surface area contributed by atoms with Crippen molar-refractivity contribution < 1.29 is 26.3 Å². The molecule has 0 bridgehead atoms. The number of hydrogen-bond acceptors (Lipinski definition) is 8. The minimum atomic E-state index is -4.52. The van der Waals surface area contributed by atoms with Crippen molar-refractivity contribution in [1.82, 2.24) is 20.1 Å². The normalized spacial score (nSPS) is 20.5. The fourth-order valence-corrected chi connectivity index (χ4v) is 4.41. The molecule has 2 aliphatic rings. The van der Waals surface area contributed by atoms with Gasteiger partial charge in [0, 0.05) is 44.6 Å². The third kappa shape index (κ3) is 6.54. The first-order valence-corrected chi connectivity index (χ1v) is 12.4. The molecule has 2 aliphatic heterocycles. The van der Waals surface area contributed by atoms with Crippen molar-refractivity contribution in [2.24, 2.45) is 9.98 Å². The van der Waals surface area contributed by atoms with Crippen molar-refractivity contribution >= 4 is 23.4 Å². The second-order valence-corrected chi connectivity index (χ2v) is 9.46. The van der Waals surface area contributed by atoms with Crippen LogP contribution in [0.15, 0.2) is 52.6 Å². The van der Waals surface area contributed by atoms with Gasteiger partial charge in [-0.3, -0.25) is 10.2 Å². The average Bonchev–Trinajstić information content (AvgIpc) is 2.88. The van der Waals surface area contributed by atoms with Gasteiger partial charge in [0.1, 0.15) is 5.82 Å². The van der Waals surface area contributed by atoms with Crippen LogP contribution >= 0.6 is 0 Å². The predicted molar refractivity (Wildman–Crippen MR) is 137 cm³/mol. The first-order chi connectivity index (χ1) is 18.3. The number of pyridine rings is 1. The van der Waals surface area contributed by atoms with Crippen LogP contribution in [0.1, 0.15) is 31.4 Å². The molecule has 212 valence electrons. The molecule has 2 aromatic rings. The molecule has 1 fully saturated rings. The summed E-state index contributed by atoms with van der Waals surface area (Å²) >= 11 is 0. The SMILES string of the molecule is CCCN(C)C1(C)N=C(Nc2ccc(C(F)(F)F)cc2)NC(N2CCN(c3ncccc3C(F)(F)F)CC2)=N1. The van der Waals surface area contributed by atoms with Crippen LogP contribution in [0.4, 0.5) is 37.8 Å². The van der Waals surface area contributed by atoms with E-state index in [1.807, 2.05) is 30.7 Å². The van der Waals surface area contributed by atoms with Crippen molar-refractivity contribution in [3.8, 4) is 0 Å². The van der Waals surface area contributed by atoms with E-state index in [9.17, 15) is 26.3 Å². The van der Waals surface area contributed by atoms with E-state index in [2.05, 4.69) is 20.6 Å². The monoisotopic (exact) mass is 556 g/mol. The zero-order valence-corrected chi connectivity index (χ0v) is 21.7. The fourth-order valence-electron chi connectivity index (χ4n) is 4.41. The summed E-state index contributed by atoms with van der Waals surface area (Å²) in [6.07, 6.45) is -6.78. The van der Waals surface area contributed by atoms with Crippen LogP contribution in [0.2, 0.25) is 0 Å². The molecule has 1 unspecified atom stereocenters. The zero-order valence-electron chi connectivity index (χ0n) is 21.7. The number of halogens is 6. The summed E-state index contributed by atoms with van der Waals surface area (Å²) < 4.78 is 79.4. The molecule has 2 N–H and O–H groups in total. The molecule has 1 saturated heterocycles. The van der Waals surface area contributed by atoms with E-state index in [0.717, 1.165) is 24.6 Å². The smallest absolute Gasteiger partial charge is 0.353 e. The highest BCUT2D eigenvalue weighted by Crippen LogP contribution is 2.35. The molecule has 8 nitrogen and oxygen atoms in total. The lowest BCUT2D eigenvalue weighted by Gasteiger charge is -2.41. The van der Waals surface area contributed by atoms with Crippen LogP contribution < -0.4 is 15.5 Å². The van der Waals surface area contributed by atoms with Crippen molar-refractivity contribution in [2.45, 2.75) is 38.4 Å². The number of aliphatic imine (C=N–C) groups is 2. The number of rotatable bonds is 5. The number of guanidine groups is 2. The topological polar surface area (TPSA) is 71.4 Å². The van der Waals surface area contributed by atoms with E-state index in [1.165, 1.54) is 24.4 Å². The fraction of sp³-hybridized carbons (Fsp3) is 0.480. The molecular weight excluding hydrogens is 526 g/mol. The zero-order chi connectivity index (χ0) is 28.4. The lowest BCUT2D eigenvalue weighted by molar-refractivity contribution is -0.138. The van der Waals surface area contributed by atoms with Gasteiger partial charge in [0.2, 0.25) is 17.7 Å². The first-order valence-electron chi connectivity index (χ1n) is 12.4. The number of benzene rings is 1. The molecule has 0 aliphatic carbocycles. The van der Waals surface area contributed by atoms with Crippen molar-refractivity contribution in [3.05, 3.63) is 53.7 Å². The van der Waals surface area contributed by atoms with Crippen molar-refractivity contribution in [3.63, 3.8) is 0 Å². The number of nitrogens with one attached hydrogen (secondary N) is 2. The number of alkyl halides is 6. The maximum Gasteiger partial charge on any atom is 0.419 e. The van der Waals surface area contributed by atoms with Gasteiger partial charge >= 0.3 is 12.4 Å². The lowest BCUT2D eigenvalue weighted by atomic mass is 10.2. The van der Waals surface area contributed by atoms with Crippen LogP contribution in [0.5, 0.6) is 0 Å². The van der Waals surface area contributed by atoms with Gasteiger partial charge in [-0.2, -0.15) is 26.3 Å². The number of anilines is 2. The minimum absolute atomic E-state index is 0.109. The highest BCUT2D eigenvalue weighted by molar-refractivity contribution is 6.06. The van der Waals surface area contributed by atoms with Gasteiger partial charge in [-0.1, -0.05) is 6.92 Å². The Bertz CT molecular complexity index is 1200. The summed E-state index contributed by atoms with van der Waals surface area (Å²) in [7, 11) is 1.87. The molecule has 4 rings (SSSR count). The number of hydrogen-bond donors (Lipinski definition) is 2. The molecule has 0 spiro atoms. The second-order valence-electron chi connectivity index (χ2n) is 9.46. The standard InChI is InChI=1S/C25H30F6N8/c1-4-12-37(3)23(2)35-21(33-18-9-7-17(8-10-18)24(26,27)28)34-22(36-23)39-15-13-38(14-16-39)20-19(25(29,30)31)6-5-11-32-20/h5-11H,4,12-16H2,1-3H3,(H2,33,34,35,36). The second kappa shape index (κ2) is 10.9. The first kappa shape index (κ1) is 28.5. The van der Waals surface area contributed by atoms with E-state index in [0.29, 0.717) is 31.3 Å². The third-order valence-corrected chi connectivity index (χ3v) is 6.60. The Labute approximate surface area is 222 Å². The van der Waals surface area contributed by atoms with Crippen molar-refractivity contribution in [2.75, 3.05) is 50.0 Å². The van der Waals surface area contributed by atoms with Gasteiger partial charge in [0.15, 0.2) is 0 Å².